The third-order valence-electron chi connectivity index (χ3n) is 3.27. The molecule has 2 aromatic rings. The van der Waals surface area contributed by atoms with Gasteiger partial charge < -0.3 is 9.47 Å². The number of nitrogens with one attached hydrogen (secondary N) is 1. The number of hydrazine groups is 1. The van der Waals surface area contributed by atoms with Gasteiger partial charge in [0.25, 0.3) is 5.91 Å². The second kappa shape index (κ2) is 8.00. The first-order valence-electron chi connectivity index (χ1n) is 7.17. The number of rotatable bonds is 6. The summed E-state index contributed by atoms with van der Waals surface area (Å²) < 4.78 is 11.1. The Morgan fingerprint density at radius 2 is 1.91 bits per heavy atom. The molecule has 0 aromatic heterocycles. The highest BCUT2D eigenvalue weighted by atomic mass is 16.5. The molecule has 23 heavy (non-hydrogen) atoms. The molecule has 120 valence electrons. The van der Waals surface area contributed by atoms with Crippen molar-refractivity contribution in [2.24, 2.45) is 5.84 Å². The van der Waals surface area contributed by atoms with E-state index >= 15 is 0 Å². The van der Waals surface area contributed by atoms with Crippen LogP contribution < -0.4 is 20.7 Å². The molecule has 0 atom stereocenters. The molecule has 0 saturated carbocycles. The van der Waals surface area contributed by atoms with E-state index in [0.29, 0.717) is 18.1 Å². The smallest absolute Gasteiger partial charge is 0.257 e. The first-order chi connectivity index (χ1) is 11.1. The summed E-state index contributed by atoms with van der Waals surface area (Å²) >= 11 is 0. The summed E-state index contributed by atoms with van der Waals surface area (Å²) in [5.41, 5.74) is 5.15. The summed E-state index contributed by atoms with van der Waals surface area (Å²) in [6.07, 6.45) is 3.00. The molecule has 0 unspecified atom stereocenters. The number of benzene rings is 2. The van der Waals surface area contributed by atoms with Crippen LogP contribution in [0.25, 0.3) is 6.08 Å². The molecule has 0 aliphatic heterocycles. The van der Waals surface area contributed by atoms with E-state index in [9.17, 15) is 4.79 Å². The maximum Gasteiger partial charge on any atom is 0.257 e. The largest absolute Gasteiger partial charge is 0.493 e. The number of methoxy groups -OCH3 is 1. The average Bonchev–Trinajstić information content (AvgIpc) is 2.59. The summed E-state index contributed by atoms with van der Waals surface area (Å²) in [4.78, 5) is 11.1. The molecule has 1 amide bonds. The molecular weight excluding hydrogens is 292 g/mol. The molecule has 0 fully saturated rings. The number of carbonyl (C=O) groups is 1. The van der Waals surface area contributed by atoms with Crippen molar-refractivity contribution < 1.29 is 14.3 Å². The van der Waals surface area contributed by atoms with Crippen LogP contribution in [0.2, 0.25) is 0 Å². The highest BCUT2D eigenvalue weighted by molar-refractivity contribution is 5.91. The van der Waals surface area contributed by atoms with Gasteiger partial charge in [0.2, 0.25) is 0 Å². The molecule has 0 bridgehead atoms. The van der Waals surface area contributed by atoms with Crippen LogP contribution >= 0.6 is 0 Å². The third-order valence-corrected chi connectivity index (χ3v) is 3.27. The van der Waals surface area contributed by atoms with Crippen LogP contribution in [-0.2, 0) is 11.4 Å². The maximum atomic E-state index is 11.1. The lowest BCUT2D eigenvalue weighted by atomic mass is 10.1. The Morgan fingerprint density at radius 3 is 2.57 bits per heavy atom. The number of amides is 1. The minimum Gasteiger partial charge on any atom is -0.493 e. The monoisotopic (exact) mass is 312 g/mol. The van der Waals surface area contributed by atoms with E-state index in [1.54, 1.807) is 19.3 Å². The van der Waals surface area contributed by atoms with Crippen molar-refractivity contribution in [3.8, 4) is 11.5 Å². The highest BCUT2D eigenvalue weighted by Crippen LogP contribution is 2.29. The van der Waals surface area contributed by atoms with Crippen LogP contribution in [0.15, 0.2) is 48.5 Å². The van der Waals surface area contributed by atoms with Gasteiger partial charge in [0, 0.05) is 6.08 Å². The molecule has 2 aromatic carbocycles. The molecule has 5 heteroatoms. The summed E-state index contributed by atoms with van der Waals surface area (Å²) in [5, 5.41) is 0. The summed E-state index contributed by atoms with van der Waals surface area (Å²) in [6, 6.07) is 13.6. The van der Waals surface area contributed by atoms with E-state index < -0.39 is 0 Å². The van der Waals surface area contributed by atoms with Crippen LogP contribution in [0.5, 0.6) is 11.5 Å². The van der Waals surface area contributed by atoms with E-state index in [2.05, 4.69) is 0 Å². The normalized spacial score (nSPS) is 10.6. The number of hydrogen-bond acceptors (Lipinski definition) is 4. The number of carbonyl (C=O) groups excluding carboxylic acids is 1. The first kappa shape index (κ1) is 16.6. The molecular formula is C18H20N2O3. The Kier molecular flexibility index (Phi) is 5.77. The van der Waals surface area contributed by atoms with Gasteiger partial charge in [0.15, 0.2) is 11.5 Å². The lowest BCUT2D eigenvalue weighted by Gasteiger charge is -2.11. The number of nitrogens with two attached hydrogens (primary N) is 1. The number of hydrogen-bond donors (Lipinski definition) is 2. The fourth-order valence-corrected chi connectivity index (χ4v) is 1.97. The van der Waals surface area contributed by atoms with Crippen molar-refractivity contribution >= 4 is 12.0 Å². The van der Waals surface area contributed by atoms with Crippen molar-refractivity contribution in [2.75, 3.05) is 7.11 Å². The highest BCUT2D eigenvalue weighted by Gasteiger charge is 2.05. The van der Waals surface area contributed by atoms with Gasteiger partial charge in [0.05, 0.1) is 7.11 Å². The Balaban J connectivity index is 2.08. The van der Waals surface area contributed by atoms with Gasteiger partial charge in [-0.05, 0) is 36.3 Å². The number of ether oxygens (including phenoxy) is 2. The maximum absolute atomic E-state index is 11.1. The van der Waals surface area contributed by atoms with Gasteiger partial charge in [-0.3, -0.25) is 10.2 Å². The van der Waals surface area contributed by atoms with Gasteiger partial charge in [0.1, 0.15) is 6.61 Å². The summed E-state index contributed by atoms with van der Waals surface area (Å²) in [5.74, 6) is 5.90. The van der Waals surface area contributed by atoms with E-state index in [1.165, 1.54) is 11.6 Å². The Hall–Kier alpha value is -2.79. The predicted molar refractivity (Wildman–Crippen MR) is 89.9 cm³/mol. The molecule has 3 N–H and O–H groups in total. The fourth-order valence-electron chi connectivity index (χ4n) is 1.97. The Labute approximate surface area is 135 Å². The summed E-state index contributed by atoms with van der Waals surface area (Å²) in [6.45, 7) is 2.51. The van der Waals surface area contributed by atoms with Crippen LogP contribution in [0, 0.1) is 6.92 Å². The quantitative estimate of drug-likeness (QED) is 0.372. The van der Waals surface area contributed by atoms with Gasteiger partial charge in [-0.2, -0.15) is 0 Å². The van der Waals surface area contributed by atoms with Gasteiger partial charge >= 0.3 is 0 Å². The zero-order chi connectivity index (χ0) is 16.7. The van der Waals surface area contributed by atoms with Crippen LogP contribution in [-0.4, -0.2) is 13.0 Å². The van der Waals surface area contributed by atoms with Crippen molar-refractivity contribution in [1.29, 1.82) is 0 Å². The van der Waals surface area contributed by atoms with Gasteiger partial charge in [-0.15, -0.1) is 0 Å². The second-order valence-electron chi connectivity index (χ2n) is 5.03. The molecule has 2 rings (SSSR count). The Morgan fingerprint density at radius 1 is 1.17 bits per heavy atom. The first-order valence-corrected chi connectivity index (χ1v) is 7.17. The van der Waals surface area contributed by atoms with Crippen molar-refractivity contribution in [3.63, 3.8) is 0 Å². The van der Waals surface area contributed by atoms with Crippen molar-refractivity contribution in [2.45, 2.75) is 13.5 Å². The van der Waals surface area contributed by atoms with Crippen LogP contribution in [0.4, 0.5) is 0 Å². The van der Waals surface area contributed by atoms with Crippen LogP contribution in [0.1, 0.15) is 16.7 Å². The lowest BCUT2D eigenvalue weighted by molar-refractivity contribution is -0.116. The Bertz CT molecular complexity index is 694. The van der Waals surface area contributed by atoms with E-state index in [-0.39, 0.29) is 5.91 Å². The zero-order valence-electron chi connectivity index (χ0n) is 13.2. The molecule has 0 saturated heterocycles. The molecule has 0 aliphatic rings. The standard InChI is InChI=1S/C18H20N2O3/c1-13-3-5-15(6-4-13)12-23-16-9-7-14(11-17(16)22-2)8-10-18(21)20-19/h3-11H,12,19H2,1-2H3,(H,20,21)/b10-8+. The molecule has 0 aliphatic carbocycles. The minimum atomic E-state index is -0.372. The fraction of sp³-hybridized carbons (Fsp3) is 0.167. The molecule has 5 nitrogen and oxygen atoms in total. The SMILES string of the molecule is COc1cc(/C=C/C(=O)NN)ccc1OCc1ccc(C)cc1. The topological polar surface area (TPSA) is 73.6 Å². The lowest BCUT2D eigenvalue weighted by Crippen LogP contribution is -2.27. The third kappa shape index (κ3) is 4.86. The van der Waals surface area contributed by atoms with E-state index in [1.807, 2.05) is 48.7 Å². The average molecular weight is 312 g/mol. The van der Waals surface area contributed by atoms with E-state index in [4.69, 9.17) is 15.3 Å². The van der Waals surface area contributed by atoms with Gasteiger partial charge in [-0.25, -0.2) is 5.84 Å². The summed E-state index contributed by atoms with van der Waals surface area (Å²) in [7, 11) is 1.58. The second-order valence-corrected chi connectivity index (χ2v) is 5.03. The van der Waals surface area contributed by atoms with Crippen molar-refractivity contribution in [1.82, 2.24) is 5.43 Å². The zero-order valence-corrected chi connectivity index (χ0v) is 13.2. The van der Waals surface area contributed by atoms with Gasteiger partial charge in [-0.1, -0.05) is 35.9 Å². The molecule has 0 radical (unpaired) electrons. The minimum absolute atomic E-state index is 0.372. The van der Waals surface area contributed by atoms with Crippen molar-refractivity contribution in [3.05, 3.63) is 65.2 Å². The van der Waals surface area contributed by atoms with Crippen LogP contribution in [0.3, 0.4) is 0 Å². The van der Waals surface area contributed by atoms with E-state index in [0.717, 1.165) is 11.1 Å². The predicted octanol–water partition coefficient (Wildman–Crippen LogP) is 2.59. The number of aryl methyl sites for hydroxylation is 1. The molecule has 0 heterocycles. The molecule has 0 spiro atoms.